The summed E-state index contributed by atoms with van der Waals surface area (Å²) in [6.07, 6.45) is 3.35. The van der Waals surface area contributed by atoms with Crippen molar-refractivity contribution >= 4 is 63.1 Å². The summed E-state index contributed by atoms with van der Waals surface area (Å²) in [4.78, 5) is 80.4. The van der Waals surface area contributed by atoms with Crippen LogP contribution in [0.1, 0.15) is 53.8 Å². The largest absolute Gasteiger partial charge is 0.493 e. The van der Waals surface area contributed by atoms with Crippen molar-refractivity contribution in [2.75, 3.05) is 189 Å². The number of hydrogen-bond donors (Lipinski definition) is 6. The van der Waals surface area contributed by atoms with E-state index in [4.69, 9.17) is 61.6 Å². The topological polar surface area (TPSA) is 329 Å². The monoisotopic (exact) mass is 1210 g/mol. The van der Waals surface area contributed by atoms with Crippen LogP contribution < -0.4 is 31.3 Å². The van der Waals surface area contributed by atoms with Gasteiger partial charge in [-0.05, 0) is 24.1 Å². The molecule has 0 saturated heterocycles. The van der Waals surface area contributed by atoms with E-state index in [-0.39, 0.29) is 47.8 Å². The van der Waals surface area contributed by atoms with Gasteiger partial charge in [-0.25, -0.2) is 9.78 Å². The Balaban J connectivity index is 1.02. The van der Waals surface area contributed by atoms with Gasteiger partial charge in [-0.3, -0.25) is 34.3 Å². The number of ether oxygens (including phenoxy) is 13. The molecular weight excluding hydrogens is 1130 g/mol. The number of nitrogens with one attached hydrogen (secondary N) is 5. The molecule has 27 nitrogen and oxygen atoms in total. The third kappa shape index (κ3) is 40.4. The number of rotatable bonds is 54. The lowest BCUT2D eigenvalue weighted by atomic mass is 10.1. The molecule has 2 heterocycles. The van der Waals surface area contributed by atoms with Crippen LogP contribution in [0.25, 0.3) is 0 Å². The number of aromatic nitrogens is 2. The summed E-state index contributed by atoms with van der Waals surface area (Å²) in [6, 6.07) is 9.03. The Kier molecular flexibility index (Phi) is 43.1. The number of hydrogen-bond acceptors (Lipinski definition) is 23. The van der Waals surface area contributed by atoms with Crippen LogP contribution in [0.2, 0.25) is 0 Å². The molecule has 1 atom stereocenters. The third-order valence-corrected chi connectivity index (χ3v) is 12.1. The highest BCUT2D eigenvalue weighted by Gasteiger charge is 2.20. The van der Waals surface area contributed by atoms with Crippen molar-refractivity contribution in [2.24, 2.45) is 0 Å². The maximum atomic E-state index is 12.7. The molecule has 6 N–H and O–H groups in total. The normalized spacial score (nSPS) is 11.5. The average Bonchev–Trinajstić information content (AvgIpc) is 4.06. The number of pyridine rings is 1. The zero-order chi connectivity index (χ0) is 59.5. The van der Waals surface area contributed by atoms with E-state index in [0.717, 1.165) is 11.3 Å². The Bertz CT molecular complexity index is 2190. The Morgan fingerprint density at radius 2 is 1.10 bits per heavy atom. The molecule has 0 bridgehead atoms. The molecule has 5 amide bonds. The number of anilines is 1. The average molecular weight is 1210 g/mol. The van der Waals surface area contributed by atoms with Gasteiger partial charge in [0.15, 0.2) is 10.2 Å². The Labute approximate surface area is 492 Å². The van der Waals surface area contributed by atoms with E-state index in [1.54, 1.807) is 37.3 Å². The van der Waals surface area contributed by atoms with Crippen LogP contribution in [0.4, 0.5) is 9.93 Å². The van der Waals surface area contributed by atoms with E-state index in [1.807, 2.05) is 6.07 Å². The first-order valence-electron chi connectivity index (χ1n) is 27.3. The van der Waals surface area contributed by atoms with Crippen LogP contribution in [-0.4, -0.2) is 234 Å². The van der Waals surface area contributed by atoms with Gasteiger partial charge in [-0.15, -0.1) is 11.3 Å². The SMILES string of the molecule is CC(=O)SCCOCCOCCOCCOCCOCCOCCOCCOCCOCCOCCOCCOCCC(=O)NCCCOc1ccccc1CNC(=O)Nc1nc(C(=O)NCC(=O)NC(CC(=O)O)c2cccnc2)cs1. The second-order valence-electron chi connectivity index (χ2n) is 17.1. The van der Waals surface area contributed by atoms with Crippen molar-refractivity contribution in [3.63, 3.8) is 0 Å². The first-order chi connectivity index (χ1) is 40.6. The maximum absolute atomic E-state index is 12.7. The van der Waals surface area contributed by atoms with Gasteiger partial charge in [0.1, 0.15) is 11.4 Å². The summed E-state index contributed by atoms with van der Waals surface area (Å²) in [7, 11) is 0. The Morgan fingerprint density at radius 1 is 0.590 bits per heavy atom. The number of carboxylic acids is 1. The molecule has 0 spiro atoms. The number of aliphatic carboxylic acids is 1. The van der Waals surface area contributed by atoms with Crippen molar-refractivity contribution in [1.29, 1.82) is 0 Å². The summed E-state index contributed by atoms with van der Waals surface area (Å²) < 4.78 is 71.7. The van der Waals surface area contributed by atoms with Crippen molar-refractivity contribution in [3.8, 4) is 5.75 Å². The summed E-state index contributed by atoms with van der Waals surface area (Å²) in [5, 5.41) is 24.1. The lowest BCUT2D eigenvalue weighted by Gasteiger charge is -2.17. The molecule has 0 aliphatic heterocycles. The first-order valence-corrected chi connectivity index (χ1v) is 29.2. The minimum absolute atomic E-state index is 0.0247. The van der Waals surface area contributed by atoms with Crippen LogP contribution >= 0.6 is 23.1 Å². The molecule has 29 heteroatoms. The molecular formula is C54H83N7O20S2. The number of urea groups is 1. The predicted octanol–water partition coefficient (Wildman–Crippen LogP) is 2.68. The number of carbonyl (C=O) groups excluding carboxylic acids is 5. The lowest BCUT2D eigenvalue weighted by molar-refractivity contribution is -0.137. The van der Waals surface area contributed by atoms with E-state index in [0.29, 0.717) is 194 Å². The van der Waals surface area contributed by atoms with Crippen molar-refractivity contribution in [1.82, 2.24) is 31.2 Å². The van der Waals surface area contributed by atoms with E-state index in [9.17, 15) is 33.9 Å². The number of benzene rings is 1. The van der Waals surface area contributed by atoms with Gasteiger partial charge >= 0.3 is 12.0 Å². The van der Waals surface area contributed by atoms with Gasteiger partial charge in [-0.2, -0.15) is 0 Å². The molecule has 83 heavy (non-hydrogen) atoms. The minimum atomic E-state index is -1.12. The van der Waals surface area contributed by atoms with Gasteiger partial charge < -0.3 is 88.0 Å². The number of carboxylic acid groups (broad SMARTS) is 1. The van der Waals surface area contributed by atoms with Gasteiger partial charge in [-0.1, -0.05) is 36.0 Å². The number of carbonyl (C=O) groups is 6. The van der Waals surface area contributed by atoms with Crippen LogP contribution in [0.3, 0.4) is 0 Å². The van der Waals surface area contributed by atoms with Crippen LogP contribution in [0.15, 0.2) is 54.2 Å². The number of thiazole rings is 1. The fourth-order valence-electron chi connectivity index (χ4n) is 6.55. The molecule has 3 aromatic rings. The number of amides is 5. The summed E-state index contributed by atoms with van der Waals surface area (Å²) >= 11 is 2.26. The third-order valence-electron chi connectivity index (χ3n) is 10.6. The number of para-hydroxylation sites is 1. The molecule has 1 unspecified atom stereocenters. The minimum Gasteiger partial charge on any atom is -0.493 e. The second-order valence-corrected chi connectivity index (χ2v) is 19.3. The number of nitrogens with zero attached hydrogens (tertiary/aromatic N) is 2. The smallest absolute Gasteiger partial charge is 0.321 e. The van der Waals surface area contributed by atoms with E-state index >= 15 is 0 Å². The maximum Gasteiger partial charge on any atom is 0.321 e. The summed E-state index contributed by atoms with van der Waals surface area (Å²) in [5.74, 6) is -1.32. The predicted molar refractivity (Wildman–Crippen MR) is 305 cm³/mol. The Hall–Kier alpha value is -5.51. The zero-order valence-corrected chi connectivity index (χ0v) is 48.9. The highest BCUT2D eigenvalue weighted by atomic mass is 32.2. The Morgan fingerprint density at radius 3 is 1.59 bits per heavy atom. The fourth-order valence-corrected chi connectivity index (χ4v) is 7.72. The molecule has 0 aliphatic carbocycles. The van der Waals surface area contributed by atoms with Gasteiger partial charge in [0.25, 0.3) is 5.91 Å². The van der Waals surface area contributed by atoms with Crippen molar-refractivity contribution in [3.05, 3.63) is 71.0 Å². The van der Waals surface area contributed by atoms with Crippen molar-refractivity contribution < 1.29 is 95.5 Å². The molecule has 466 valence electrons. The first kappa shape index (κ1) is 71.8. The van der Waals surface area contributed by atoms with E-state index in [2.05, 4.69) is 36.6 Å². The van der Waals surface area contributed by atoms with Crippen LogP contribution in [0.5, 0.6) is 5.75 Å². The summed E-state index contributed by atoms with van der Waals surface area (Å²) in [5.41, 5.74) is 1.19. The highest BCUT2D eigenvalue weighted by molar-refractivity contribution is 8.13. The van der Waals surface area contributed by atoms with Gasteiger partial charge in [0, 0.05) is 55.5 Å². The summed E-state index contributed by atoms with van der Waals surface area (Å²) in [6.45, 7) is 12.7. The number of thioether (sulfide) groups is 1. The molecule has 2 aromatic heterocycles. The van der Waals surface area contributed by atoms with Crippen LogP contribution in [0, 0.1) is 0 Å². The second kappa shape index (κ2) is 49.9. The standard InChI is InChI=1S/C54H83N7O20S2/c1-43(62)82-37-36-80-35-34-79-33-32-78-31-30-77-29-28-76-27-26-75-25-24-74-23-22-73-21-20-72-19-18-71-17-16-70-15-14-69-13-9-49(63)56-11-5-12-81-48-8-3-2-6-45(48)40-58-53(68)61-54-60-47(42-83-54)52(67)57-41-50(64)59-46(38-51(65)66)44-7-4-10-55-39-44/h2-4,6-8,10,39,42,46H,5,9,11-38,40-41H2,1H3,(H,56,63)(H,57,67)(H,59,64)(H,65,66)(H2,58,60,61,68). The van der Waals surface area contributed by atoms with Crippen LogP contribution in [-0.2, 0) is 82.6 Å². The molecule has 0 radical (unpaired) electrons. The van der Waals surface area contributed by atoms with E-state index in [1.165, 1.54) is 29.5 Å². The molecule has 0 aliphatic rings. The lowest BCUT2D eigenvalue weighted by Crippen LogP contribution is -2.39. The molecule has 0 saturated carbocycles. The molecule has 3 rings (SSSR count). The molecule has 0 fully saturated rings. The van der Waals surface area contributed by atoms with Crippen molar-refractivity contribution in [2.45, 2.75) is 38.8 Å². The van der Waals surface area contributed by atoms with Gasteiger partial charge in [0.2, 0.25) is 11.8 Å². The zero-order valence-electron chi connectivity index (χ0n) is 47.3. The quantitative estimate of drug-likeness (QED) is 0.0443. The van der Waals surface area contributed by atoms with E-state index < -0.39 is 36.4 Å². The highest BCUT2D eigenvalue weighted by Crippen LogP contribution is 2.19. The molecule has 1 aromatic carbocycles. The van der Waals surface area contributed by atoms with Gasteiger partial charge in [0.05, 0.1) is 184 Å². The fraction of sp³-hybridized carbons (Fsp3) is 0.630.